The van der Waals surface area contributed by atoms with Gasteiger partial charge in [-0.1, -0.05) is 12.1 Å². The third-order valence-electron chi connectivity index (χ3n) is 7.68. The topological polar surface area (TPSA) is 95.2 Å². The summed E-state index contributed by atoms with van der Waals surface area (Å²) in [5, 5.41) is 0. The Balaban J connectivity index is 1.03. The number of carbonyl (C=O) groups is 2. The average molecular weight is 498 g/mol. The molecule has 3 heterocycles. The predicted molar refractivity (Wildman–Crippen MR) is 117 cm³/mol. The van der Waals surface area contributed by atoms with E-state index in [1.54, 1.807) is 4.90 Å². The molecule has 4 aliphatic rings. The van der Waals surface area contributed by atoms with E-state index in [2.05, 4.69) is 21.1 Å². The monoisotopic (exact) mass is 497 g/mol. The van der Waals surface area contributed by atoms with E-state index >= 15 is 0 Å². The van der Waals surface area contributed by atoms with Crippen molar-refractivity contribution in [3.8, 4) is 5.75 Å². The molecule has 2 amide bonds. The van der Waals surface area contributed by atoms with Gasteiger partial charge in [0.15, 0.2) is 0 Å². The van der Waals surface area contributed by atoms with Gasteiger partial charge in [-0.25, -0.2) is 15.6 Å². The fourth-order valence-corrected chi connectivity index (χ4v) is 5.65. The van der Waals surface area contributed by atoms with Gasteiger partial charge in [0, 0.05) is 49.6 Å². The molecule has 5 rings (SSSR count). The number of ether oxygens (including phenoxy) is 2. The molecule has 4 fully saturated rings. The van der Waals surface area contributed by atoms with E-state index in [9.17, 15) is 22.8 Å². The number of rotatable bonds is 4. The third kappa shape index (κ3) is 5.49. The summed E-state index contributed by atoms with van der Waals surface area (Å²) in [6.07, 6.45) is -0.743. The van der Waals surface area contributed by atoms with Gasteiger partial charge >= 0.3 is 12.5 Å². The summed E-state index contributed by atoms with van der Waals surface area (Å²) in [6.45, 7) is 2.59. The Morgan fingerprint density at radius 3 is 2.37 bits per heavy atom. The van der Waals surface area contributed by atoms with Crippen molar-refractivity contribution in [2.45, 2.75) is 57.2 Å². The van der Waals surface area contributed by atoms with Crippen LogP contribution in [0.25, 0.3) is 0 Å². The molecule has 1 aliphatic carbocycles. The standard InChI is InChI=1S/C23H30F3N5O4/c24-23(25,26)35-17-4-1-15(2-5-17)12-34-21(33)31-13-22(14-31)7-9-30(10-8-22)20(32)16-3-6-18-19(11-16)28-29-27-18/h1-2,4-5,16,18-19,27-29H,3,6-14H2. The van der Waals surface area contributed by atoms with Crippen molar-refractivity contribution in [3.05, 3.63) is 29.8 Å². The maximum absolute atomic E-state index is 13.1. The Hall–Kier alpha value is -2.57. The highest BCUT2D eigenvalue weighted by atomic mass is 19.4. The van der Waals surface area contributed by atoms with Crippen LogP contribution < -0.4 is 21.1 Å². The molecule has 192 valence electrons. The maximum Gasteiger partial charge on any atom is 0.573 e. The van der Waals surface area contributed by atoms with Gasteiger partial charge in [0.1, 0.15) is 12.4 Å². The lowest BCUT2D eigenvalue weighted by Gasteiger charge is -2.53. The molecule has 9 nitrogen and oxygen atoms in total. The van der Waals surface area contributed by atoms with Gasteiger partial charge in [-0.3, -0.25) is 4.79 Å². The second-order valence-electron chi connectivity index (χ2n) is 10.1. The number of benzene rings is 1. The summed E-state index contributed by atoms with van der Waals surface area (Å²) in [5.74, 6) is -0.0188. The molecule has 1 saturated carbocycles. The SMILES string of the molecule is O=C(OCc1ccc(OC(F)(F)F)cc1)N1CC2(CCN(C(=O)C3CCC4NNNC4C3)CC2)C1. The van der Waals surface area contributed by atoms with Crippen molar-refractivity contribution in [2.75, 3.05) is 26.2 Å². The molecule has 3 N–H and O–H groups in total. The van der Waals surface area contributed by atoms with Crippen LogP contribution in [0.1, 0.15) is 37.7 Å². The van der Waals surface area contributed by atoms with Crippen LogP contribution in [-0.4, -0.2) is 66.4 Å². The number of amides is 2. The third-order valence-corrected chi connectivity index (χ3v) is 7.68. The zero-order chi connectivity index (χ0) is 24.6. The van der Waals surface area contributed by atoms with Crippen molar-refractivity contribution in [1.29, 1.82) is 0 Å². The van der Waals surface area contributed by atoms with Gasteiger partial charge < -0.3 is 19.3 Å². The Kier molecular flexibility index (Phi) is 6.53. The van der Waals surface area contributed by atoms with E-state index < -0.39 is 12.5 Å². The van der Waals surface area contributed by atoms with Crippen LogP contribution in [0.5, 0.6) is 5.75 Å². The second kappa shape index (κ2) is 9.47. The van der Waals surface area contributed by atoms with E-state index in [-0.39, 0.29) is 35.6 Å². The zero-order valence-electron chi connectivity index (χ0n) is 19.3. The molecule has 0 aromatic heterocycles. The molecule has 1 spiro atoms. The van der Waals surface area contributed by atoms with Gasteiger partial charge in [0.2, 0.25) is 5.91 Å². The summed E-state index contributed by atoms with van der Waals surface area (Å²) in [6, 6.07) is 5.91. The minimum absolute atomic E-state index is 0.0277. The fraction of sp³-hybridized carbons (Fsp3) is 0.652. The van der Waals surface area contributed by atoms with E-state index in [0.717, 1.165) is 32.1 Å². The molecule has 3 saturated heterocycles. The molecule has 3 aliphatic heterocycles. The predicted octanol–water partition coefficient (Wildman–Crippen LogP) is 2.30. The first-order chi connectivity index (χ1) is 16.7. The molecular formula is C23H30F3N5O4. The number of carbonyl (C=O) groups excluding carboxylic acids is 2. The normalized spacial score (nSPS) is 27.8. The van der Waals surface area contributed by atoms with Crippen molar-refractivity contribution < 1.29 is 32.2 Å². The van der Waals surface area contributed by atoms with Crippen molar-refractivity contribution in [1.82, 2.24) is 26.2 Å². The van der Waals surface area contributed by atoms with E-state index in [1.165, 1.54) is 24.3 Å². The smallest absolute Gasteiger partial charge is 0.445 e. The molecule has 35 heavy (non-hydrogen) atoms. The Labute approximate surface area is 201 Å². The highest BCUT2D eigenvalue weighted by molar-refractivity contribution is 5.79. The molecule has 12 heteroatoms. The second-order valence-corrected chi connectivity index (χ2v) is 10.1. The van der Waals surface area contributed by atoms with Crippen LogP contribution in [0.3, 0.4) is 0 Å². The van der Waals surface area contributed by atoms with E-state index in [1.807, 2.05) is 4.90 Å². The number of likely N-dealkylation sites (tertiary alicyclic amines) is 2. The highest BCUT2D eigenvalue weighted by Gasteiger charge is 2.48. The van der Waals surface area contributed by atoms with Gasteiger partial charge in [-0.05, 0) is 49.8 Å². The molecule has 0 bridgehead atoms. The Morgan fingerprint density at radius 2 is 1.69 bits per heavy atom. The summed E-state index contributed by atoms with van der Waals surface area (Å²) < 4.78 is 45.9. The number of hydrazine groups is 2. The van der Waals surface area contributed by atoms with Gasteiger partial charge in [0.05, 0.1) is 0 Å². The number of piperidine rings is 1. The number of nitrogens with one attached hydrogen (secondary N) is 3. The summed E-state index contributed by atoms with van der Waals surface area (Å²) >= 11 is 0. The zero-order valence-corrected chi connectivity index (χ0v) is 19.3. The fourth-order valence-electron chi connectivity index (χ4n) is 5.65. The Bertz CT molecular complexity index is 928. The van der Waals surface area contributed by atoms with Gasteiger partial charge in [-0.2, -0.15) is 5.53 Å². The van der Waals surface area contributed by atoms with Crippen LogP contribution in [0, 0.1) is 11.3 Å². The van der Waals surface area contributed by atoms with E-state index in [4.69, 9.17) is 4.74 Å². The molecule has 1 aromatic carbocycles. The summed E-state index contributed by atoms with van der Waals surface area (Å²) in [4.78, 5) is 29.1. The molecule has 0 radical (unpaired) electrons. The average Bonchev–Trinajstić information content (AvgIpc) is 3.28. The maximum atomic E-state index is 13.1. The van der Waals surface area contributed by atoms with Crippen LogP contribution in [0.4, 0.5) is 18.0 Å². The summed E-state index contributed by atoms with van der Waals surface area (Å²) in [5.41, 5.74) is 9.96. The molecule has 3 atom stereocenters. The minimum Gasteiger partial charge on any atom is -0.445 e. The number of fused-ring (bicyclic) bond motifs is 1. The van der Waals surface area contributed by atoms with Gasteiger partial charge in [0.25, 0.3) is 0 Å². The molecule has 1 aromatic rings. The molecule has 3 unspecified atom stereocenters. The Morgan fingerprint density at radius 1 is 1.00 bits per heavy atom. The van der Waals surface area contributed by atoms with Crippen LogP contribution in [0.15, 0.2) is 24.3 Å². The lowest BCUT2D eigenvalue weighted by molar-refractivity contribution is -0.274. The van der Waals surface area contributed by atoms with Crippen LogP contribution in [0.2, 0.25) is 0 Å². The lowest BCUT2D eigenvalue weighted by atomic mass is 9.72. The summed E-state index contributed by atoms with van der Waals surface area (Å²) in [7, 11) is 0. The first-order valence-electron chi connectivity index (χ1n) is 12.0. The van der Waals surface area contributed by atoms with Crippen molar-refractivity contribution in [3.63, 3.8) is 0 Å². The number of halogens is 3. The van der Waals surface area contributed by atoms with Crippen molar-refractivity contribution >= 4 is 12.0 Å². The lowest BCUT2D eigenvalue weighted by Crippen LogP contribution is -2.62. The quantitative estimate of drug-likeness (QED) is 0.588. The van der Waals surface area contributed by atoms with E-state index in [0.29, 0.717) is 37.8 Å². The van der Waals surface area contributed by atoms with Gasteiger partial charge in [-0.15, -0.1) is 13.2 Å². The largest absolute Gasteiger partial charge is 0.573 e. The van der Waals surface area contributed by atoms with Crippen LogP contribution >= 0.6 is 0 Å². The minimum atomic E-state index is -4.74. The first-order valence-corrected chi connectivity index (χ1v) is 12.0. The molecular weight excluding hydrogens is 467 g/mol. The van der Waals surface area contributed by atoms with Crippen LogP contribution in [-0.2, 0) is 16.1 Å². The number of alkyl halides is 3. The van der Waals surface area contributed by atoms with Crippen molar-refractivity contribution in [2.24, 2.45) is 11.3 Å². The number of nitrogens with zero attached hydrogens (tertiary/aromatic N) is 2. The highest BCUT2D eigenvalue weighted by Crippen LogP contribution is 2.41. The number of hydrogen-bond donors (Lipinski definition) is 3. The first kappa shape index (κ1) is 24.1. The number of hydrogen-bond acceptors (Lipinski definition) is 7.